The summed E-state index contributed by atoms with van der Waals surface area (Å²) in [5.41, 5.74) is 7.52. The van der Waals surface area contributed by atoms with Crippen molar-refractivity contribution >= 4 is 14.0 Å². The second-order valence-corrected chi connectivity index (χ2v) is 10.2. The topological polar surface area (TPSA) is 26.3 Å². The molecule has 0 aliphatic carbocycles. The van der Waals surface area contributed by atoms with Crippen molar-refractivity contribution in [3.63, 3.8) is 0 Å². The van der Waals surface area contributed by atoms with Gasteiger partial charge in [0.2, 0.25) is 0 Å². The SMILES string of the molecule is CC(=O)OC(C)=C=C(C)CCCC#C[Si](C)(C)C. The third-order valence-electron chi connectivity index (χ3n) is 2.00. The maximum Gasteiger partial charge on any atom is 0.308 e. The second kappa shape index (κ2) is 7.97. The van der Waals surface area contributed by atoms with E-state index in [1.54, 1.807) is 6.92 Å². The van der Waals surface area contributed by atoms with Crippen LogP contribution in [0.2, 0.25) is 19.6 Å². The molecule has 2 nitrogen and oxygen atoms in total. The van der Waals surface area contributed by atoms with Gasteiger partial charge in [0.1, 0.15) is 13.8 Å². The van der Waals surface area contributed by atoms with Crippen molar-refractivity contribution in [3.8, 4) is 11.5 Å². The van der Waals surface area contributed by atoms with Crippen LogP contribution in [-0.2, 0) is 9.53 Å². The molecular formula is C15H24O2Si. The van der Waals surface area contributed by atoms with Crippen LogP contribution in [-0.4, -0.2) is 14.0 Å². The van der Waals surface area contributed by atoms with Gasteiger partial charge < -0.3 is 4.74 Å². The number of rotatable bonds is 4. The van der Waals surface area contributed by atoms with E-state index in [4.69, 9.17) is 4.74 Å². The van der Waals surface area contributed by atoms with Crippen LogP contribution >= 0.6 is 0 Å². The van der Waals surface area contributed by atoms with Gasteiger partial charge in [-0.05, 0) is 25.3 Å². The zero-order valence-electron chi connectivity index (χ0n) is 12.4. The highest BCUT2D eigenvalue weighted by Gasteiger charge is 2.06. The van der Waals surface area contributed by atoms with Gasteiger partial charge in [-0.15, -0.1) is 11.5 Å². The number of hydrogen-bond acceptors (Lipinski definition) is 2. The quantitative estimate of drug-likeness (QED) is 0.191. The van der Waals surface area contributed by atoms with E-state index in [0.29, 0.717) is 5.76 Å². The van der Waals surface area contributed by atoms with Gasteiger partial charge in [0.15, 0.2) is 0 Å². The molecule has 0 bridgehead atoms. The first-order chi connectivity index (χ1) is 8.20. The molecule has 0 aromatic carbocycles. The van der Waals surface area contributed by atoms with Crippen LogP contribution in [0.4, 0.5) is 0 Å². The van der Waals surface area contributed by atoms with Gasteiger partial charge in [0.05, 0.1) is 0 Å². The van der Waals surface area contributed by atoms with E-state index in [1.807, 2.05) is 6.92 Å². The summed E-state index contributed by atoms with van der Waals surface area (Å²) in [5, 5.41) is 0. The summed E-state index contributed by atoms with van der Waals surface area (Å²) in [6.45, 7) is 11.9. The van der Waals surface area contributed by atoms with Crippen molar-refractivity contribution in [2.75, 3.05) is 0 Å². The molecule has 18 heavy (non-hydrogen) atoms. The lowest BCUT2D eigenvalue weighted by molar-refractivity contribution is -0.136. The molecule has 0 atom stereocenters. The average molecular weight is 264 g/mol. The van der Waals surface area contributed by atoms with Gasteiger partial charge in [0.25, 0.3) is 0 Å². The highest BCUT2D eigenvalue weighted by molar-refractivity contribution is 6.83. The smallest absolute Gasteiger partial charge is 0.308 e. The van der Waals surface area contributed by atoms with Crippen LogP contribution in [0.5, 0.6) is 0 Å². The highest BCUT2D eigenvalue weighted by Crippen LogP contribution is 2.07. The normalized spacial score (nSPS) is 9.89. The molecule has 0 aromatic heterocycles. The number of esters is 1. The number of allylic oxidation sites excluding steroid dienone is 1. The number of ether oxygens (including phenoxy) is 1. The Morgan fingerprint density at radius 1 is 1.17 bits per heavy atom. The van der Waals surface area contributed by atoms with Crippen LogP contribution < -0.4 is 0 Å². The molecule has 0 saturated heterocycles. The van der Waals surface area contributed by atoms with E-state index in [0.717, 1.165) is 24.8 Å². The van der Waals surface area contributed by atoms with Crippen LogP contribution in [0.3, 0.4) is 0 Å². The minimum atomic E-state index is -1.22. The van der Waals surface area contributed by atoms with Crippen molar-refractivity contribution in [1.29, 1.82) is 0 Å². The largest absolute Gasteiger partial charge is 0.423 e. The average Bonchev–Trinajstić information content (AvgIpc) is 2.13. The van der Waals surface area contributed by atoms with Crippen molar-refractivity contribution in [1.82, 2.24) is 0 Å². The Hall–Kier alpha value is -1.23. The third kappa shape index (κ3) is 11.3. The maximum absolute atomic E-state index is 10.7. The van der Waals surface area contributed by atoms with Gasteiger partial charge in [-0.25, -0.2) is 0 Å². The van der Waals surface area contributed by atoms with Crippen LogP contribution in [0.15, 0.2) is 17.1 Å². The summed E-state index contributed by atoms with van der Waals surface area (Å²) >= 11 is 0. The predicted octanol–water partition coefficient (Wildman–Crippen LogP) is 4.05. The molecule has 0 saturated carbocycles. The molecular weight excluding hydrogens is 240 g/mol. The lowest BCUT2D eigenvalue weighted by atomic mass is 10.1. The summed E-state index contributed by atoms with van der Waals surface area (Å²) in [4.78, 5) is 10.7. The maximum atomic E-state index is 10.7. The zero-order chi connectivity index (χ0) is 14.2. The lowest BCUT2D eigenvalue weighted by Crippen LogP contribution is -2.16. The Morgan fingerprint density at radius 2 is 1.78 bits per heavy atom. The molecule has 0 aromatic rings. The molecule has 0 spiro atoms. The molecule has 0 aliphatic rings. The number of carbonyl (C=O) groups is 1. The van der Waals surface area contributed by atoms with Crippen molar-refractivity contribution in [3.05, 3.63) is 17.1 Å². The van der Waals surface area contributed by atoms with Gasteiger partial charge in [-0.2, -0.15) is 0 Å². The fraction of sp³-hybridized carbons (Fsp3) is 0.600. The first-order valence-electron chi connectivity index (χ1n) is 6.32. The molecule has 3 heteroatoms. The Kier molecular flexibility index (Phi) is 7.43. The molecule has 0 unspecified atom stereocenters. The summed E-state index contributed by atoms with van der Waals surface area (Å²) in [7, 11) is -1.22. The van der Waals surface area contributed by atoms with Crippen molar-refractivity contribution in [2.45, 2.75) is 59.7 Å². The minimum Gasteiger partial charge on any atom is -0.423 e. The zero-order valence-corrected chi connectivity index (χ0v) is 13.4. The standard InChI is InChI=1S/C15H24O2Si/c1-13(12-14(2)17-15(3)16)10-8-7-9-11-18(4,5)6/h7-8,10H2,1-6H3. The number of hydrogen-bond donors (Lipinski definition) is 0. The highest BCUT2D eigenvalue weighted by atomic mass is 28.3. The van der Waals surface area contributed by atoms with Crippen LogP contribution in [0.1, 0.15) is 40.0 Å². The lowest BCUT2D eigenvalue weighted by Gasteiger charge is -2.03. The van der Waals surface area contributed by atoms with Gasteiger partial charge in [-0.1, -0.05) is 25.4 Å². The van der Waals surface area contributed by atoms with E-state index >= 15 is 0 Å². The molecule has 0 amide bonds. The number of unbranched alkanes of at least 4 members (excludes halogenated alkanes) is 1. The Morgan fingerprint density at radius 3 is 2.28 bits per heavy atom. The second-order valence-electron chi connectivity index (χ2n) is 5.46. The fourth-order valence-electron chi connectivity index (χ4n) is 1.37. The van der Waals surface area contributed by atoms with Crippen LogP contribution in [0, 0.1) is 11.5 Å². The Balaban J connectivity index is 4.18. The van der Waals surface area contributed by atoms with E-state index in [9.17, 15) is 4.79 Å². The molecule has 0 radical (unpaired) electrons. The molecule has 0 rings (SSSR count). The van der Waals surface area contributed by atoms with E-state index < -0.39 is 8.07 Å². The first kappa shape index (κ1) is 16.8. The minimum absolute atomic E-state index is 0.297. The van der Waals surface area contributed by atoms with Gasteiger partial charge >= 0.3 is 5.97 Å². The fourth-order valence-corrected chi connectivity index (χ4v) is 2.03. The predicted molar refractivity (Wildman–Crippen MR) is 78.6 cm³/mol. The van der Waals surface area contributed by atoms with E-state index in [-0.39, 0.29) is 5.97 Å². The Labute approximate surface area is 112 Å². The van der Waals surface area contributed by atoms with Crippen molar-refractivity contribution in [2.24, 2.45) is 0 Å². The molecule has 0 N–H and O–H groups in total. The molecule has 0 heterocycles. The Bertz CT molecular complexity index is 410. The molecule has 0 fully saturated rings. The van der Waals surface area contributed by atoms with Crippen molar-refractivity contribution < 1.29 is 9.53 Å². The third-order valence-corrected chi connectivity index (χ3v) is 2.93. The van der Waals surface area contributed by atoms with Gasteiger partial charge in [-0.3, -0.25) is 4.79 Å². The van der Waals surface area contributed by atoms with E-state index in [2.05, 4.69) is 36.8 Å². The van der Waals surface area contributed by atoms with Crippen LogP contribution in [0.25, 0.3) is 0 Å². The monoisotopic (exact) mass is 264 g/mol. The van der Waals surface area contributed by atoms with Gasteiger partial charge in [0, 0.05) is 20.3 Å². The summed E-state index contributed by atoms with van der Waals surface area (Å²) < 4.78 is 4.92. The van der Waals surface area contributed by atoms with E-state index in [1.165, 1.54) is 6.92 Å². The summed E-state index contributed by atoms with van der Waals surface area (Å²) in [6.07, 6.45) is 2.90. The molecule has 0 aliphatic heterocycles. The first-order valence-corrected chi connectivity index (χ1v) is 9.82. The number of carbonyl (C=O) groups excluding carboxylic acids is 1. The summed E-state index contributed by atoms with van der Waals surface area (Å²) in [5.74, 6) is 3.48. The molecule has 100 valence electrons. The summed E-state index contributed by atoms with van der Waals surface area (Å²) in [6, 6.07) is 0.